The molecule has 7 N–H and O–H groups in total. The summed E-state index contributed by atoms with van der Waals surface area (Å²) in [4.78, 5) is 24.6. The van der Waals surface area contributed by atoms with Gasteiger partial charge in [-0.25, -0.2) is 0 Å². The van der Waals surface area contributed by atoms with Crippen molar-refractivity contribution in [1.82, 2.24) is 0 Å². The first kappa shape index (κ1) is 23.7. The van der Waals surface area contributed by atoms with Gasteiger partial charge in [-0.05, 0) is 42.7 Å². The molecular weight excluding hydrogens is 446 g/mol. The number of fused-ring (bicyclic) bond motifs is 1. The smallest absolute Gasteiger partial charge is 0.217 e. The fraction of sp³-hybridized carbons (Fsp3) is 0.185. The Morgan fingerprint density at radius 3 is 2.34 bits per heavy atom. The van der Waals surface area contributed by atoms with Gasteiger partial charge >= 0.3 is 0 Å². The molecule has 180 valence electrons. The van der Waals surface area contributed by atoms with Crippen molar-refractivity contribution in [2.45, 2.75) is 32.3 Å². The molecule has 1 aromatic heterocycles. The molecule has 0 aliphatic carbocycles. The molecule has 0 unspecified atom stereocenters. The van der Waals surface area contributed by atoms with E-state index < -0.39 is 0 Å². The summed E-state index contributed by atoms with van der Waals surface area (Å²) in [6.07, 6.45) is 1.88. The topological polar surface area (TPSA) is 155 Å². The number of aromatic hydroxyl groups is 1. The molecule has 35 heavy (non-hydrogen) atoms. The van der Waals surface area contributed by atoms with Crippen molar-refractivity contribution < 1.29 is 23.8 Å². The van der Waals surface area contributed by atoms with Crippen LogP contribution >= 0.6 is 0 Å². The van der Waals surface area contributed by atoms with E-state index in [-0.39, 0.29) is 40.8 Å². The summed E-state index contributed by atoms with van der Waals surface area (Å²) in [5, 5.41) is 10.5. The Hall–Kier alpha value is -4.46. The number of primary amides is 1. The lowest BCUT2D eigenvalue weighted by Gasteiger charge is -2.08. The number of anilines is 2. The number of hydrogen-bond acceptors (Lipinski definition) is 7. The molecule has 1 amide bonds. The molecular formula is C27H27N3O5. The summed E-state index contributed by atoms with van der Waals surface area (Å²) in [6.45, 7) is 0.394. The van der Waals surface area contributed by atoms with E-state index in [4.69, 9.17) is 26.4 Å². The number of carbonyl (C=O) groups excluding carboxylic acids is 2. The van der Waals surface area contributed by atoms with E-state index in [0.29, 0.717) is 53.9 Å². The fourth-order valence-corrected chi connectivity index (χ4v) is 3.92. The van der Waals surface area contributed by atoms with Gasteiger partial charge in [0.1, 0.15) is 23.7 Å². The number of rotatable bonds is 10. The average molecular weight is 474 g/mol. The van der Waals surface area contributed by atoms with Crippen molar-refractivity contribution in [3.05, 3.63) is 83.1 Å². The molecule has 0 fully saturated rings. The number of hydrogen-bond donors (Lipinski definition) is 4. The number of furan rings is 1. The molecule has 4 aromatic rings. The van der Waals surface area contributed by atoms with Crippen LogP contribution in [0.5, 0.6) is 11.5 Å². The predicted octanol–water partition coefficient (Wildman–Crippen LogP) is 4.31. The number of benzene rings is 3. The summed E-state index contributed by atoms with van der Waals surface area (Å²) in [6, 6.07) is 17.9. The van der Waals surface area contributed by atoms with E-state index in [9.17, 15) is 14.7 Å². The normalized spacial score (nSPS) is 11.0. The molecule has 0 saturated heterocycles. The van der Waals surface area contributed by atoms with E-state index in [1.165, 1.54) is 12.1 Å². The Labute approximate surface area is 202 Å². The zero-order valence-corrected chi connectivity index (χ0v) is 19.1. The lowest BCUT2D eigenvalue weighted by Crippen LogP contribution is -2.10. The number of carbonyl (C=O) groups is 2. The highest BCUT2D eigenvalue weighted by Gasteiger charge is 2.23. The van der Waals surface area contributed by atoms with E-state index in [2.05, 4.69) is 0 Å². The third kappa shape index (κ3) is 5.38. The SMILES string of the molecule is NC(=O)CCCCc1oc2cc(OCc3ccccc3)ccc2c1C(=O)c1cc(N)c(O)c(N)c1. The van der Waals surface area contributed by atoms with Gasteiger partial charge in [0.2, 0.25) is 5.91 Å². The number of ether oxygens (including phenoxy) is 1. The van der Waals surface area contributed by atoms with Gasteiger partial charge in [0.25, 0.3) is 0 Å². The van der Waals surface area contributed by atoms with Crippen molar-refractivity contribution >= 4 is 34.0 Å². The van der Waals surface area contributed by atoms with Crippen LogP contribution in [0, 0.1) is 0 Å². The number of aryl methyl sites for hydroxylation is 1. The molecule has 3 aromatic carbocycles. The lowest BCUT2D eigenvalue weighted by atomic mass is 9.97. The van der Waals surface area contributed by atoms with Crippen molar-refractivity contribution in [3.63, 3.8) is 0 Å². The van der Waals surface area contributed by atoms with Crippen LogP contribution < -0.4 is 21.9 Å². The molecule has 0 aliphatic rings. The van der Waals surface area contributed by atoms with Crippen LogP contribution in [0.3, 0.4) is 0 Å². The summed E-state index contributed by atoms with van der Waals surface area (Å²) >= 11 is 0. The molecule has 4 rings (SSSR count). The summed E-state index contributed by atoms with van der Waals surface area (Å²) < 4.78 is 12.0. The first-order chi connectivity index (χ1) is 16.8. The zero-order valence-electron chi connectivity index (χ0n) is 19.1. The highest BCUT2D eigenvalue weighted by Crippen LogP contribution is 2.35. The zero-order chi connectivity index (χ0) is 24.9. The van der Waals surface area contributed by atoms with Crippen LogP contribution in [0.4, 0.5) is 11.4 Å². The van der Waals surface area contributed by atoms with Gasteiger partial charge in [-0.15, -0.1) is 0 Å². The van der Waals surface area contributed by atoms with Gasteiger partial charge in [0.15, 0.2) is 11.5 Å². The fourth-order valence-electron chi connectivity index (χ4n) is 3.92. The van der Waals surface area contributed by atoms with Crippen molar-refractivity contribution in [3.8, 4) is 11.5 Å². The number of amides is 1. The van der Waals surface area contributed by atoms with Gasteiger partial charge in [0, 0.05) is 29.9 Å². The molecule has 0 radical (unpaired) electrons. The minimum absolute atomic E-state index is 0.0146. The average Bonchev–Trinajstić information content (AvgIpc) is 3.21. The molecule has 0 bridgehead atoms. The van der Waals surface area contributed by atoms with Crippen LogP contribution in [0.25, 0.3) is 11.0 Å². The predicted molar refractivity (Wildman–Crippen MR) is 134 cm³/mol. The molecule has 8 nitrogen and oxygen atoms in total. The van der Waals surface area contributed by atoms with Crippen LogP contribution in [0.2, 0.25) is 0 Å². The Balaban J connectivity index is 1.67. The van der Waals surface area contributed by atoms with E-state index in [1.54, 1.807) is 18.2 Å². The van der Waals surface area contributed by atoms with E-state index in [1.807, 2.05) is 30.3 Å². The van der Waals surface area contributed by atoms with Crippen LogP contribution in [-0.2, 0) is 17.8 Å². The maximum atomic E-state index is 13.5. The third-order valence-corrected chi connectivity index (χ3v) is 5.72. The lowest BCUT2D eigenvalue weighted by molar-refractivity contribution is -0.118. The molecule has 0 spiro atoms. The van der Waals surface area contributed by atoms with Crippen molar-refractivity contribution in [2.75, 3.05) is 11.5 Å². The highest BCUT2D eigenvalue weighted by molar-refractivity contribution is 6.17. The monoisotopic (exact) mass is 473 g/mol. The van der Waals surface area contributed by atoms with Crippen LogP contribution in [-0.4, -0.2) is 16.8 Å². The van der Waals surface area contributed by atoms with Gasteiger partial charge in [-0.1, -0.05) is 30.3 Å². The maximum absolute atomic E-state index is 13.5. The van der Waals surface area contributed by atoms with E-state index >= 15 is 0 Å². The van der Waals surface area contributed by atoms with Crippen LogP contribution in [0.15, 0.2) is 65.1 Å². The van der Waals surface area contributed by atoms with Gasteiger partial charge in [-0.2, -0.15) is 0 Å². The molecule has 0 saturated carbocycles. The molecule has 0 atom stereocenters. The van der Waals surface area contributed by atoms with E-state index in [0.717, 1.165) is 5.56 Å². The number of nitrogen functional groups attached to an aromatic ring is 2. The Kier molecular flexibility index (Phi) is 6.91. The first-order valence-electron chi connectivity index (χ1n) is 11.3. The van der Waals surface area contributed by atoms with Crippen molar-refractivity contribution in [2.24, 2.45) is 5.73 Å². The van der Waals surface area contributed by atoms with Crippen LogP contribution in [0.1, 0.15) is 46.5 Å². The Bertz CT molecular complexity index is 1360. The second-order valence-corrected chi connectivity index (χ2v) is 8.34. The first-order valence-corrected chi connectivity index (χ1v) is 11.3. The standard InChI is InChI=1S/C27H27N3O5/c28-20-12-17(13-21(29)27(20)33)26(32)25-19-11-10-18(34-15-16-6-2-1-3-7-16)14-23(19)35-22(25)8-4-5-9-24(30)31/h1-3,6-7,10-14,33H,4-5,8-9,15,28-29H2,(H2,30,31). The number of phenols is 1. The summed E-state index contributed by atoms with van der Waals surface area (Å²) in [5.41, 5.74) is 19.1. The summed E-state index contributed by atoms with van der Waals surface area (Å²) in [7, 11) is 0. The Morgan fingerprint density at radius 1 is 0.943 bits per heavy atom. The second kappa shape index (κ2) is 10.2. The largest absolute Gasteiger partial charge is 0.504 e. The maximum Gasteiger partial charge on any atom is 0.217 e. The van der Waals surface area contributed by atoms with Crippen molar-refractivity contribution in [1.29, 1.82) is 0 Å². The minimum Gasteiger partial charge on any atom is -0.504 e. The minimum atomic E-state index is -0.374. The number of nitrogens with two attached hydrogens (primary N) is 3. The number of ketones is 1. The van der Waals surface area contributed by atoms with Gasteiger partial charge in [0.05, 0.1) is 16.9 Å². The van der Waals surface area contributed by atoms with Gasteiger partial charge < -0.3 is 31.5 Å². The quantitative estimate of drug-likeness (QED) is 0.116. The molecule has 1 heterocycles. The molecule has 0 aliphatic heterocycles. The third-order valence-electron chi connectivity index (χ3n) is 5.72. The second-order valence-electron chi connectivity index (χ2n) is 8.34. The Morgan fingerprint density at radius 2 is 1.66 bits per heavy atom. The highest BCUT2D eigenvalue weighted by atomic mass is 16.5. The number of phenolic OH excluding ortho intramolecular Hbond substituents is 1. The van der Waals surface area contributed by atoms with Gasteiger partial charge in [-0.3, -0.25) is 9.59 Å². The number of unbranched alkanes of at least 4 members (excludes halogenated alkanes) is 1. The summed E-state index contributed by atoms with van der Waals surface area (Å²) in [5.74, 6) is 0.129. The molecule has 8 heteroatoms.